The molecule has 0 saturated heterocycles. The van der Waals surface area contributed by atoms with E-state index in [0.29, 0.717) is 11.3 Å². The van der Waals surface area contributed by atoms with Gasteiger partial charge in [-0.25, -0.2) is 22.4 Å². The Hall–Kier alpha value is -2.68. The number of hydrogen-bond donors (Lipinski definition) is 2. The summed E-state index contributed by atoms with van der Waals surface area (Å²) in [6.07, 6.45) is 0. The Kier molecular flexibility index (Phi) is 5.92. The fraction of sp³-hybridized carbons (Fsp3) is 0.125. The van der Waals surface area contributed by atoms with Gasteiger partial charge in [0.05, 0.1) is 12.2 Å². The average Bonchev–Trinajstić information content (AvgIpc) is 2.58. The molecule has 0 heterocycles. The maximum absolute atomic E-state index is 13.6. The molecule has 2 aromatic carbocycles. The van der Waals surface area contributed by atoms with Crippen LogP contribution in [0.3, 0.4) is 0 Å². The third-order valence-electron chi connectivity index (χ3n) is 3.00. The summed E-state index contributed by atoms with van der Waals surface area (Å²) in [5.41, 5.74) is -0.364. The summed E-state index contributed by atoms with van der Waals surface area (Å²) in [5.74, 6) is -6.80. The summed E-state index contributed by atoms with van der Waals surface area (Å²) in [6, 6.07) is 5.94. The van der Waals surface area contributed by atoms with E-state index < -0.39 is 34.9 Å². The van der Waals surface area contributed by atoms with Gasteiger partial charge in [0.15, 0.2) is 28.4 Å². The third-order valence-corrected chi connectivity index (χ3v) is 3.21. The number of nitrogens with one attached hydrogen (secondary N) is 2. The van der Waals surface area contributed by atoms with Gasteiger partial charge in [-0.05, 0) is 43.4 Å². The van der Waals surface area contributed by atoms with Crippen LogP contribution in [0.1, 0.15) is 17.3 Å². The van der Waals surface area contributed by atoms with Crippen LogP contribution in [0.25, 0.3) is 0 Å². The Morgan fingerprint density at radius 1 is 1.04 bits per heavy atom. The van der Waals surface area contributed by atoms with Crippen molar-refractivity contribution in [2.75, 3.05) is 17.2 Å². The zero-order chi connectivity index (χ0) is 18.6. The number of carbonyl (C=O) groups excluding carboxylic acids is 1. The van der Waals surface area contributed by atoms with Crippen molar-refractivity contribution >= 4 is 34.7 Å². The molecule has 132 valence electrons. The Balaban J connectivity index is 2.10. The van der Waals surface area contributed by atoms with Crippen LogP contribution in [0.4, 0.5) is 28.9 Å². The predicted molar refractivity (Wildman–Crippen MR) is 88.5 cm³/mol. The Morgan fingerprint density at radius 3 is 2.12 bits per heavy atom. The molecule has 2 N–H and O–H groups in total. The van der Waals surface area contributed by atoms with Gasteiger partial charge in [-0.1, -0.05) is 0 Å². The SMILES string of the molecule is CCOC(=O)c1ccc(NC(=S)Nc2c(F)c(F)cc(F)c2F)cc1. The number of halogens is 4. The van der Waals surface area contributed by atoms with Crippen LogP contribution in [-0.2, 0) is 4.74 Å². The maximum atomic E-state index is 13.6. The van der Waals surface area contributed by atoms with E-state index >= 15 is 0 Å². The number of thiocarbonyl (C=S) groups is 1. The van der Waals surface area contributed by atoms with Crippen LogP contribution < -0.4 is 10.6 Å². The number of rotatable bonds is 4. The molecule has 9 heteroatoms. The van der Waals surface area contributed by atoms with Gasteiger partial charge in [0.25, 0.3) is 0 Å². The molecule has 0 fully saturated rings. The van der Waals surface area contributed by atoms with Gasteiger partial charge in [0, 0.05) is 11.8 Å². The van der Waals surface area contributed by atoms with Gasteiger partial charge < -0.3 is 15.4 Å². The van der Waals surface area contributed by atoms with E-state index in [4.69, 9.17) is 17.0 Å². The Labute approximate surface area is 145 Å². The lowest BCUT2D eigenvalue weighted by atomic mass is 10.2. The predicted octanol–water partition coefficient (Wildman–Crippen LogP) is 4.23. The highest BCUT2D eigenvalue weighted by molar-refractivity contribution is 7.80. The average molecular weight is 372 g/mol. The summed E-state index contributed by atoms with van der Waals surface area (Å²) in [6.45, 7) is 1.90. The third kappa shape index (κ3) is 4.44. The summed E-state index contributed by atoms with van der Waals surface area (Å²) in [5, 5.41) is 4.34. The summed E-state index contributed by atoms with van der Waals surface area (Å²) in [7, 11) is 0. The van der Waals surface area contributed by atoms with E-state index in [9.17, 15) is 22.4 Å². The molecule has 0 radical (unpaired) electrons. The second kappa shape index (κ2) is 7.93. The summed E-state index contributed by atoms with van der Waals surface area (Å²) >= 11 is 4.86. The molecule has 2 rings (SSSR count). The van der Waals surface area contributed by atoms with Gasteiger partial charge in [0.1, 0.15) is 5.69 Å². The quantitative estimate of drug-likeness (QED) is 0.364. The zero-order valence-corrected chi connectivity index (χ0v) is 13.6. The first kappa shape index (κ1) is 18.7. The first-order valence-electron chi connectivity index (χ1n) is 7.01. The smallest absolute Gasteiger partial charge is 0.338 e. The van der Waals surface area contributed by atoms with Crippen molar-refractivity contribution in [3.63, 3.8) is 0 Å². The van der Waals surface area contributed by atoms with Crippen molar-refractivity contribution in [2.24, 2.45) is 0 Å². The minimum atomic E-state index is -1.60. The number of esters is 1. The first-order valence-corrected chi connectivity index (χ1v) is 7.42. The molecule has 0 saturated carbocycles. The van der Waals surface area contributed by atoms with Gasteiger partial charge in [-0.3, -0.25) is 0 Å². The first-order chi connectivity index (χ1) is 11.8. The van der Waals surface area contributed by atoms with Crippen molar-refractivity contribution in [1.29, 1.82) is 0 Å². The van der Waals surface area contributed by atoms with Crippen LogP contribution in [0.2, 0.25) is 0 Å². The van der Waals surface area contributed by atoms with E-state index in [1.165, 1.54) is 24.3 Å². The molecule has 25 heavy (non-hydrogen) atoms. The summed E-state index contributed by atoms with van der Waals surface area (Å²) < 4.78 is 58.3. The molecule has 2 aromatic rings. The highest BCUT2D eigenvalue weighted by atomic mass is 32.1. The number of carbonyl (C=O) groups is 1. The lowest BCUT2D eigenvalue weighted by Gasteiger charge is -2.13. The molecule has 0 aliphatic heterocycles. The van der Waals surface area contributed by atoms with E-state index in [-0.39, 0.29) is 17.8 Å². The highest BCUT2D eigenvalue weighted by Gasteiger charge is 2.20. The second-order valence-corrected chi connectivity index (χ2v) is 5.13. The molecule has 0 unspecified atom stereocenters. The van der Waals surface area contributed by atoms with Gasteiger partial charge in [-0.2, -0.15) is 0 Å². The topological polar surface area (TPSA) is 50.4 Å². The zero-order valence-electron chi connectivity index (χ0n) is 12.8. The standard InChI is InChI=1S/C16H12F4N2O2S/c1-2-24-15(23)8-3-5-9(6-4-8)21-16(25)22-14-12(19)10(17)7-11(18)13(14)20/h3-7H,2H2,1H3,(H2,21,22,25). The highest BCUT2D eigenvalue weighted by Crippen LogP contribution is 2.24. The van der Waals surface area contributed by atoms with Crippen molar-refractivity contribution in [3.8, 4) is 0 Å². The molecular formula is C16H12F4N2O2S. The van der Waals surface area contributed by atoms with E-state index in [0.717, 1.165) is 0 Å². The molecule has 0 bridgehead atoms. The molecule has 0 atom stereocenters. The largest absolute Gasteiger partial charge is 0.462 e. The van der Waals surface area contributed by atoms with Crippen LogP contribution in [0.5, 0.6) is 0 Å². The van der Waals surface area contributed by atoms with Gasteiger partial charge in [0.2, 0.25) is 0 Å². The molecule has 0 aromatic heterocycles. The lowest BCUT2D eigenvalue weighted by molar-refractivity contribution is 0.0526. The number of ether oxygens (including phenoxy) is 1. The molecule has 4 nitrogen and oxygen atoms in total. The van der Waals surface area contributed by atoms with Crippen molar-refractivity contribution < 1.29 is 27.1 Å². The number of anilines is 2. The van der Waals surface area contributed by atoms with Crippen molar-refractivity contribution in [3.05, 3.63) is 59.2 Å². The fourth-order valence-electron chi connectivity index (χ4n) is 1.86. The van der Waals surface area contributed by atoms with Crippen LogP contribution in [-0.4, -0.2) is 17.7 Å². The number of benzene rings is 2. The second-order valence-electron chi connectivity index (χ2n) is 4.72. The molecule has 0 spiro atoms. The van der Waals surface area contributed by atoms with E-state index in [1.807, 2.05) is 0 Å². The molecule has 0 amide bonds. The van der Waals surface area contributed by atoms with E-state index in [1.54, 1.807) is 6.92 Å². The van der Waals surface area contributed by atoms with Crippen molar-refractivity contribution in [2.45, 2.75) is 6.92 Å². The molecule has 0 aliphatic carbocycles. The van der Waals surface area contributed by atoms with Gasteiger partial charge >= 0.3 is 5.97 Å². The normalized spacial score (nSPS) is 10.3. The Morgan fingerprint density at radius 2 is 1.60 bits per heavy atom. The Bertz CT molecular complexity index is 787. The van der Waals surface area contributed by atoms with Crippen molar-refractivity contribution in [1.82, 2.24) is 0 Å². The van der Waals surface area contributed by atoms with Crippen LogP contribution in [0.15, 0.2) is 30.3 Å². The molecular weight excluding hydrogens is 360 g/mol. The number of hydrogen-bond acceptors (Lipinski definition) is 3. The minimum absolute atomic E-state index is 0.0976. The van der Waals surface area contributed by atoms with Crippen LogP contribution >= 0.6 is 12.2 Å². The van der Waals surface area contributed by atoms with E-state index in [2.05, 4.69) is 10.6 Å². The minimum Gasteiger partial charge on any atom is -0.462 e. The monoisotopic (exact) mass is 372 g/mol. The fourth-order valence-corrected chi connectivity index (χ4v) is 2.08. The summed E-state index contributed by atoms with van der Waals surface area (Å²) in [4.78, 5) is 11.5. The lowest BCUT2D eigenvalue weighted by Crippen LogP contribution is -2.21. The van der Waals surface area contributed by atoms with Crippen LogP contribution in [0, 0.1) is 23.3 Å². The maximum Gasteiger partial charge on any atom is 0.338 e. The molecule has 0 aliphatic rings. The van der Waals surface area contributed by atoms with Gasteiger partial charge in [-0.15, -0.1) is 0 Å².